The number of anilines is 1. The number of rotatable bonds is 6. The van der Waals surface area contributed by atoms with Crippen molar-refractivity contribution in [3.8, 4) is 0 Å². The van der Waals surface area contributed by atoms with E-state index in [1.165, 1.54) is 0 Å². The van der Waals surface area contributed by atoms with E-state index in [0.29, 0.717) is 30.3 Å². The minimum absolute atomic E-state index is 0.0885. The van der Waals surface area contributed by atoms with Crippen LogP contribution < -0.4 is 16.4 Å². The number of carbonyl (C=O) groups is 2. The van der Waals surface area contributed by atoms with Gasteiger partial charge in [0.05, 0.1) is 5.92 Å². The molecule has 1 aromatic rings. The van der Waals surface area contributed by atoms with E-state index in [9.17, 15) is 9.59 Å². The standard InChI is InChI=1S/C15H21N3O2/c1-2-10(9-16)14(19)18-13-5-3-4-11(8-13)15(20)17-12-6-7-12/h3-5,8,10,12H,2,6-7,9,16H2,1H3,(H,17,20)(H,18,19). The van der Waals surface area contributed by atoms with Gasteiger partial charge < -0.3 is 16.4 Å². The molecule has 0 aliphatic heterocycles. The Morgan fingerprint density at radius 2 is 2.15 bits per heavy atom. The fourth-order valence-corrected chi connectivity index (χ4v) is 1.94. The summed E-state index contributed by atoms with van der Waals surface area (Å²) in [5, 5.41) is 5.73. The van der Waals surface area contributed by atoms with Crippen LogP contribution in [-0.4, -0.2) is 24.4 Å². The Labute approximate surface area is 118 Å². The summed E-state index contributed by atoms with van der Waals surface area (Å²) in [5.41, 5.74) is 6.75. The maximum absolute atomic E-state index is 12.0. The fourth-order valence-electron chi connectivity index (χ4n) is 1.94. The summed E-state index contributed by atoms with van der Waals surface area (Å²) < 4.78 is 0. The van der Waals surface area contributed by atoms with Crippen molar-refractivity contribution in [3.63, 3.8) is 0 Å². The molecule has 0 aromatic heterocycles. The molecule has 0 heterocycles. The van der Waals surface area contributed by atoms with Crippen LogP contribution in [0.1, 0.15) is 36.5 Å². The fraction of sp³-hybridized carbons (Fsp3) is 0.467. The highest BCUT2D eigenvalue weighted by Gasteiger charge is 2.24. The number of nitrogens with two attached hydrogens (primary N) is 1. The number of nitrogens with one attached hydrogen (secondary N) is 2. The highest BCUT2D eigenvalue weighted by Crippen LogP contribution is 2.20. The van der Waals surface area contributed by atoms with Crippen molar-refractivity contribution in [2.45, 2.75) is 32.2 Å². The third-order valence-electron chi connectivity index (χ3n) is 3.45. The summed E-state index contributed by atoms with van der Waals surface area (Å²) in [6, 6.07) is 7.30. The van der Waals surface area contributed by atoms with Crippen molar-refractivity contribution in [1.29, 1.82) is 0 Å². The monoisotopic (exact) mass is 275 g/mol. The maximum Gasteiger partial charge on any atom is 0.251 e. The number of carbonyl (C=O) groups excluding carboxylic acids is 2. The average Bonchev–Trinajstić information content (AvgIpc) is 3.24. The van der Waals surface area contributed by atoms with Gasteiger partial charge in [-0.3, -0.25) is 9.59 Å². The Morgan fingerprint density at radius 3 is 2.75 bits per heavy atom. The molecule has 1 atom stereocenters. The van der Waals surface area contributed by atoms with Crippen LogP contribution in [-0.2, 0) is 4.79 Å². The zero-order valence-electron chi connectivity index (χ0n) is 11.7. The van der Waals surface area contributed by atoms with Gasteiger partial charge in [0.25, 0.3) is 5.91 Å². The van der Waals surface area contributed by atoms with E-state index >= 15 is 0 Å². The average molecular weight is 275 g/mol. The van der Waals surface area contributed by atoms with Gasteiger partial charge in [-0.1, -0.05) is 13.0 Å². The predicted octanol–water partition coefficient (Wildman–Crippen LogP) is 1.50. The Balaban J connectivity index is 2.01. The minimum Gasteiger partial charge on any atom is -0.349 e. The van der Waals surface area contributed by atoms with E-state index < -0.39 is 0 Å². The van der Waals surface area contributed by atoms with E-state index in [1.807, 2.05) is 6.92 Å². The van der Waals surface area contributed by atoms with Gasteiger partial charge in [-0.15, -0.1) is 0 Å². The van der Waals surface area contributed by atoms with Crippen LogP contribution in [0.3, 0.4) is 0 Å². The summed E-state index contributed by atoms with van der Waals surface area (Å²) in [7, 11) is 0. The highest BCUT2D eigenvalue weighted by atomic mass is 16.2. The minimum atomic E-state index is -0.195. The molecule has 1 unspecified atom stereocenters. The van der Waals surface area contributed by atoms with Crippen LogP contribution in [0, 0.1) is 5.92 Å². The van der Waals surface area contributed by atoms with Crippen LogP contribution in [0.15, 0.2) is 24.3 Å². The maximum atomic E-state index is 12.0. The molecule has 1 aliphatic rings. The summed E-state index contributed by atoms with van der Waals surface area (Å²) in [4.78, 5) is 23.9. The second kappa shape index (κ2) is 6.52. The first-order valence-electron chi connectivity index (χ1n) is 7.06. The number of amides is 2. The lowest BCUT2D eigenvalue weighted by atomic mass is 10.1. The molecule has 0 radical (unpaired) electrons. The van der Waals surface area contributed by atoms with E-state index in [1.54, 1.807) is 24.3 Å². The van der Waals surface area contributed by atoms with Crippen LogP contribution >= 0.6 is 0 Å². The van der Waals surface area contributed by atoms with E-state index in [2.05, 4.69) is 10.6 Å². The summed E-state index contributed by atoms with van der Waals surface area (Å²) in [5.74, 6) is -0.386. The lowest BCUT2D eigenvalue weighted by Crippen LogP contribution is -2.29. The number of hydrogen-bond acceptors (Lipinski definition) is 3. The molecule has 0 bridgehead atoms. The smallest absolute Gasteiger partial charge is 0.251 e. The third-order valence-corrected chi connectivity index (χ3v) is 3.45. The molecule has 1 fully saturated rings. The van der Waals surface area contributed by atoms with Gasteiger partial charge in [-0.2, -0.15) is 0 Å². The molecule has 5 heteroatoms. The number of benzene rings is 1. The lowest BCUT2D eigenvalue weighted by molar-refractivity contribution is -0.119. The molecular formula is C15H21N3O2. The van der Waals surface area contributed by atoms with Crippen molar-refractivity contribution in [2.75, 3.05) is 11.9 Å². The van der Waals surface area contributed by atoms with Crippen molar-refractivity contribution < 1.29 is 9.59 Å². The zero-order valence-corrected chi connectivity index (χ0v) is 11.7. The largest absolute Gasteiger partial charge is 0.349 e. The first-order valence-corrected chi connectivity index (χ1v) is 7.06. The second-order valence-corrected chi connectivity index (χ2v) is 5.16. The summed E-state index contributed by atoms with van der Waals surface area (Å²) in [6.07, 6.45) is 2.80. The lowest BCUT2D eigenvalue weighted by Gasteiger charge is -2.13. The molecular weight excluding hydrogens is 254 g/mol. The van der Waals surface area contributed by atoms with Crippen molar-refractivity contribution in [1.82, 2.24) is 5.32 Å². The van der Waals surface area contributed by atoms with Gasteiger partial charge in [0.1, 0.15) is 0 Å². The molecule has 2 rings (SSSR count). The van der Waals surface area contributed by atoms with Gasteiger partial charge in [0.2, 0.25) is 5.91 Å². The van der Waals surface area contributed by atoms with Gasteiger partial charge in [-0.05, 0) is 37.5 Å². The molecule has 1 saturated carbocycles. The van der Waals surface area contributed by atoms with Crippen LogP contribution in [0.25, 0.3) is 0 Å². The van der Waals surface area contributed by atoms with Crippen molar-refractivity contribution in [3.05, 3.63) is 29.8 Å². The number of hydrogen-bond donors (Lipinski definition) is 3. The highest BCUT2D eigenvalue weighted by molar-refractivity contribution is 5.97. The Morgan fingerprint density at radius 1 is 1.40 bits per heavy atom. The van der Waals surface area contributed by atoms with Crippen LogP contribution in [0.2, 0.25) is 0 Å². The first kappa shape index (κ1) is 14.5. The Kier molecular flexibility index (Phi) is 4.74. The van der Waals surface area contributed by atoms with Crippen LogP contribution in [0.4, 0.5) is 5.69 Å². The SMILES string of the molecule is CCC(CN)C(=O)Nc1cccc(C(=O)NC2CC2)c1. The molecule has 2 amide bonds. The molecule has 0 spiro atoms. The first-order chi connectivity index (χ1) is 9.63. The molecule has 4 N–H and O–H groups in total. The van der Waals surface area contributed by atoms with E-state index in [-0.39, 0.29) is 17.7 Å². The molecule has 1 aromatic carbocycles. The summed E-state index contributed by atoms with van der Waals surface area (Å²) >= 11 is 0. The topological polar surface area (TPSA) is 84.2 Å². The van der Waals surface area contributed by atoms with E-state index in [4.69, 9.17) is 5.73 Å². The van der Waals surface area contributed by atoms with Crippen molar-refractivity contribution in [2.24, 2.45) is 11.7 Å². The molecule has 0 saturated heterocycles. The Bertz CT molecular complexity index is 494. The van der Waals surface area contributed by atoms with Gasteiger partial charge in [-0.25, -0.2) is 0 Å². The normalized spacial score (nSPS) is 15.5. The third kappa shape index (κ3) is 3.81. The second-order valence-electron chi connectivity index (χ2n) is 5.16. The molecule has 20 heavy (non-hydrogen) atoms. The zero-order chi connectivity index (χ0) is 14.5. The van der Waals surface area contributed by atoms with Gasteiger partial charge in [0, 0.05) is 23.8 Å². The molecule has 108 valence electrons. The van der Waals surface area contributed by atoms with Crippen molar-refractivity contribution >= 4 is 17.5 Å². The van der Waals surface area contributed by atoms with Gasteiger partial charge in [0.15, 0.2) is 0 Å². The summed E-state index contributed by atoms with van der Waals surface area (Å²) in [6.45, 7) is 2.25. The quantitative estimate of drug-likeness (QED) is 0.735. The van der Waals surface area contributed by atoms with Gasteiger partial charge >= 0.3 is 0 Å². The van der Waals surface area contributed by atoms with Crippen LogP contribution in [0.5, 0.6) is 0 Å². The molecule has 5 nitrogen and oxygen atoms in total. The molecule has 1 aliphatic carbocycles. The van der Waals surface area contributed by atoms with E-state index in [0.717, 1.165) is 12.8 Å². The predicted molar refractivity (Wildman–Crippen MR) is 78.4 cm³/mol. The Hall–Kier alpha value is -1.88.